The van der Waals surface area contributed by atoms with Crippen LogP contribution in [0.3, 0.4) is 0 Å². The number of hydrogen-bond acceptors (Lipinski definition) is 11. The van der Waals surface area contributed by atoms with Gasteiger partial charge in [0, 0.05) is 132 Å². The SMILES string of the molecule is Cc1ccc(C)n1-c1ccc(Nc2ccc(N=NC3N(C)C=CN3CCCN(C)C(=O)c3ccc(C(=O)N(C)CCCn4cc[n+](C)c4N=Nc4ccc(Nc5ccc(-n6c(C)ccc6C)cc5)cc4O)cc3)cc2)cc1. The van der Waals surface area contributed by atoms with Crippen LogP contribution in [0.4, 0.5) is 40.1 Å². The fourth-order valence-electron chi connectivity index (χ4n) is 9.49. The van der Waals surface area contributed by atoms with Crippen molar-refractivity contribution in [3.63, 3.8) is 0 Å². The maximum atomic E-state index is 13.5. The predicted molar refractivity (Wildman–Crippen MR) is 303 cm³/mol. The first-order valence-corrected chi connectivity index (χ1v) is 25.8. The maximum Gasteiger partial charge on any atom is 0.421 e. The summed E-state index contributed by atoms with van der Waals surface area (Å²) in [4.78, 5) is 34.4. The smallest absolute Gasteiger partial charge is 0.421 e. The van der Waals surface area contributed by atoms with E-state index >= 15 is 0 Å². The van der Waals surface area contributed by atoms with E-state index in [1.807, 2.05) is 95.4 Å². The number of aryl methyl sites for hydroxylation is 6. The number of hydrogen-bond donors (Lipinski definition) is 3. The van der Waals surface area contributed by atoms with E-state index in [4.69, 9.17) is 0 Å². The number of azo groups is 2. The molecular formula is C60H67N14O3+. The molecule has 394 valence electrons. The van der Waals surface area contributed by atoms with Crippen molar-refractivity contribution in [1.82, 2.24) is 33.3 Å². The molecular weight excluding hydrogens is 965 g/mol. The number of aromatic hydroxyl groups is 1. The second-order valence-electron chi connectivity index (χ2n) is 19.6. The van der Waals surface area contributed by atoms with Gasteiger partial charge in [0.15, 0.2) is 0 Å². The zero-order chi connectivity index (χ0) is 54.2. The second-order valence-corrected chi connectivity index (χ2v) is 19.6. The van der Waals surface area contributed by atoms with Gasteiger partial charge in [0.05, 0.1) is 31.7 Å². The summed E-state index contributed by atoms with van der Waals surface area (Å²) in [5.74, 6) is 0.336. The van der Waals surface area contributed by atoms with Gasteiger partial charge in [0.1, 0.15) is 11.4 Å². The summed E-state index contributed by atoms with van der Waals surface area (Å²) in [6.07, 6.45) is 8.85. The van der Waals surface area contributed by atoms with Gasteiger partial charge >= 0.3 is 5.95 Å². The lowest BCUT2D eigenvalue weighted by atomic mass is 10.1. The van der Waals surface area contributed by atoms with Crippen molar-refractivity contribution in [3.8, 4) is 17.1 Å². The molecule has 0 aliphatic carbocycles. The van der Waals surface area contributed by atoms with Gasteiger partial charge in [-0.3, -0.25) is 9.59 Å². The van der Waals surface area contributed by atoms with Crippen LogP contribution in [0, 0.1) is 27.7 Å². The number of imidazole rings is 1. The molecule has 4 heterocycles. The van der Waals surface area contributed by atoms with Crippen molar-refractivity contribution in [2.24, 2.45) is 27.5 Å². The van der Waals surface area contributed by atoms with E-state index < -0.39 is 0 Å². The monoisotopic (exact) mass is 1030 g/mol. The normalized spacial score (nSPS) is 13.3. The molecule has 9 rings (SSSR count). The number of carbonyl (C=O) groups excluding carboxylic acids is 2. The first-order valence-electron chi connectivity index (χ1n) is 25.8. The first kappa shape index (κ1) is 52.6. The largest absolute Gasteiger partial charge is 0.505 e. The van der Waals surface area contributed by atoms with Gasteiger partial charge in [0.2, 0.25) is 6.29 Å². The van der Waals surface area contributed by atoms with E-state index in [0.29, 0.717) is 61.8 Å². The van der Waals surface area contributed by atoms with Crippen LogP contribution in [-0.2, 0) is 13.6 Å². The minimum Gasteiger partial charge on any atom is -0.505 e. The Hall–Kier alpha value is -9.25. The minimum atomic E-state index is -0.301. The number of benzene rings is 5. The number of phenolic OH excluding ortho intramolecular Hbond substituents is 1. The Balaban J connectivity index is 0.699. The van der Waals surface area contributed by atoms with Crippen LogP contribution in [0.25, 0.3) is 11.4 Å². The molecule has 5 aromatic carbocycles. The Labute approximate surface area is 450 Å². The Kier molecular flexibility index (Phi) is 16.1. The minimum absolute atomic E-state index is 0.00226. The Bertz CT molecular complexity index is 3390. The molecule has 0 fully saturated rings. The van der Waals surface area contributed by atoms with Gasteiger partial charge in [0.25, 0.3) is 11.8 Å². The molecule has 0 bridgehead atoms. The van der Waals surface area contributed by atoms with E-state index in [-0.39, 0.29) is 23.9 Å². The van der Waals surface area contributed by atoms with Crippen molar-refractivity contribution in [3.05, 3.63) is 198 Å². The Morgan fingerprint density at radius 1 is 0.597 bits per heavy atom. The molecule has 17 nitrogen and oxygen atoms in total. The summed E-state index contributed by atoms with van der Waals surface area (Å²) >= 11 is 0. The lowest BCUT2D eigenvalue weighted by Crippen LogP contribution is -2.36. The fraction of sp³-hybridized carbons (Fsp3) is 0.250. The van der Waals surface area contributed by atoms with Crippen molar-refractivity contribution in [2.45, 2.75) is 53.4 Å². The van der Waals surface area contributed by atoms with Gasteiger partial charge in [-0.05, 0) is 174 Å². The molecule has 17 heteroatoms. The molecule has 3 aromatic heterocycles. The van der Waals surface area contributed by atoms with E-state index in [2.05, 4.69) is 133 Å². The Morgan fingerprint density at radius 2 is 1.08 bits per heavy atom. The number of amides is 2. The van der Waals surface area contributed by atoms with Crippen molar-refractivity contribution in [2.75, 3.05) is 51.4 Å². The maximum absolute atomic E-state index is 13.5. The molecule has 3 N–H and O–H groups in total. The summed E-state index contributed by atoms with van der Waals surface area (Å²) in [6.45, 7) is 10.7. The molecule has 1 aliphatic rings. The molecule has 0 saturated heterocycles. The van der Waals surface area contributed by atoms with Gasteiger partial charge < -0.3 is 44.5 Å². The highest BCUT2D eigenvalue weighted by atomic mass is 16.3. The van der Waals surface area contributed by atoms with Crippen molar-refractivity contribution in [1.29, 1.82) is 0 Å². The van der Waals surface area contributed by atoms with E-state index in [1.165, 1.54) is 22.8 Å². The van der Waals surface area contributed by atoms with Crippen molar-refractivity contribution >= 4 is 51.9 Å². The molecule has 0 saturated carbocycles. The molecule has 0 spiro atoms. The number of phenols is 1. The van der Waals surface area contributed by atoms with Crippen LogP contribution in [0.1, 0.15) is 56.3 Å². The van der Waals surface area contributed by atoms with Gasteiger partial charge in [-0.25, -0.2) is 9.13 Å². The van der Waals surface area contributed by atoms with E-state index in [1.54, 1.807) is 60.3 Å². The molecule has 1 unspecified atom stereocenters. The molecule has 8 aromatic rings. The highest BCUT2D eigenvalue weighted by Gasteiger charge is 2.24. The third-order valence-electron chi connectivity index (χ3n) is 13.8. The number of nitrogens with one attached hydrogen (secondary N) is 2. The molecule has 0 radical (unpaired) electrons. The molecule has 1 atom stereocenters. The summed E-state index contributed by atoms with van der Waals surface area (Å²) in [7, 11) is 7.42. The summed E-state index contributed by atoms with van der Waals surface area (Å²) in [5.41, 5.74) is 12.6. The fourth-order valence-corrected chi connectivity index (χ4v) is 9.49. The van der Waals surface area contributed by atoms with Gasteiger partial charge in [-0.15, -0.1) is 5.11 Å². The number of aromatic nitrogens is 4. The second kappa shape index (κ2) is 23.5. The number of carbonyl (C=O) groups is 2. The molecule has 1 aliphatic heterocycles. The molecule has 77 heavy (non-hydrogen) atoms. The van der Waals surface area contributed by atoms with Crippen LogP contribution in [0.15, 0.2) is 185 Å². The summed E-state index contributed by atoms with van der Waals surface area (Å²) in [6, 6.07) is 44.9. The van der Waals surface area contributed by atoms with Crippen LogP contribution < -0.4 is 15.2 Å². The number of nitrogens with zero attached hydrogens (tertiary/aromatic N) is 12. The quantitative estimate of drug-likeness (QED) is 0.0506. The highest BCUT2D eigenvalue weighted by molar-refractivity contribution is 5.97. The van der Waals surface area contributed by atoms with Crippen LogP contribution >= 0.6 is 0 Å². The average Bonchev–Trinajstić information content (AvgIpc) is 4.19. The molecule has 2 amide bonds. The number of rotatable bonds is 20. The van der Waals surface area contributed by atoms with Crippen LogP contribution in [-0.4, -0.2) is 97.3 Å². The standard InChI is InChI=1S/C60H66N14O3/c1-42-11-12-43(2)73(42)53-28-23-49(24-29-53)61-48-19-21-51(22-20-48)63-65-59-69(7)37-39-71(59)35-9-33-67(5)57(76)46-15-17-47(18-16-46)58(77)68(6)34-10-36-72-40-38-70(8)60(72)66-64-55-32-27-52(41-56(55)75)62-50-25-30-54(31-26-50)74-44(3)13-14-45(74)4/h11-32,37-41,59H,9-10,33-36H2,1-8H3,(H2,61,62,65,75)/p+1. The lowest BCUT2D eigenvalue weighted by molar-refractivity contribution is -0.657. The number of anilines is 4. The summed E-state index contributed by atoms with van der Waals surface area (Å²) < 4.78 is 8.25. The first-order chi connectivity index (χ1) is 37.2. The highest BCUT2D eigenvalue weighted by Crippen LogP contribution is 2.33. The topological polar surface area (TPSA) is 159 Å². The lowest BCUT2D eigenvalue weighted by Gasteiger charge is -2.26. The average molecular weight is 1030 g/mol. The Morgan fingerprint density at radius 3 is 1.60 bits per heavy atom. The van der Waals surface area contributed by atoms with Crippen LogP contribution in [0.2, 0.25) is 0 Å². The zero-order valence-corrected chi connectivity index (χ0v) is 45.0. The van der Waals surface area contributed by atoms with Crippen molar-refractivity contribution < 1.29 is 19.3 Å². The van der Waals surface area contributed by atoms with E-state index in [9.17, 15) is 14.7 Å². The van der Waals surface area contributed by atoms with Gasteiger partial charge in [-0.2, -0.15) is 5.11 Å². The zero-order valence-electron chi connectivity index (χ0n) is 45.0. The van der Waals surface area contributed by atoms with Gasteiger partial charge in [-0.1, -0.05) is 5.11 Å². The third kappa shape index (κ3) is 12.5. The predicted octanol–water partition coefficient (Wildman–Crippen LogP) is 12.1. The summed E-state index contributed by atoms with van der Waals surface area (Å²) in [5, 5.41) is 35.8. The van der Waals surface area contributed by atoms with Crippen LogP contribution in [0.5, 0.6) is 5.75 Å². The third-order valence-corrected chi connectivity index (χ3v) is 13.8. The van der Waals surface area contributed by atoms with E-state index in [0.717, 1.165) is 39.8 Å².